The number of carbonyl (C=O) groups excluding carboxylic acids is 1. The summed E-state index contributed by atoms with van der Waals surface area (Å²) in [6, 6.07) is 23.2. The summed E-state index contributed by atoms with van der Waals surface area (Å²) in [6.07, 6.45) is 7.67. The summed E-state index contributed by atoms with van der Waals surface area (Å²) >= 11 is 0. The monoisotopic (exact) mass is 627 g/mol. The summed E-state index contributed by atoms with van der Waals surface area (Å²) in [5.41, 5.74) is 8.65. The first-order chi connectivity index (χ1) is 16.9. The number of carboxylic acid groups (broad SMARTS) is 1. The minimum absolute atomic E-state index is 0. The van der Waals surface area contributed by atoms with E-state index in [0.717, 1.165) is 22.8 Å². The van der Waals surface area contributed by atoms with E-state index in [0.29, 0.717) is 20.9 Å². The van der Waals surface area contributed by atoms with Crippen molar-refractivity contribution in [2.45, 2.75) is 12.8 Å². The fourth-order valence-electron chi connectivity index (χ4n) is 2.30. The van der Waals surface area contributed by atoms with Gasteiger partial charge >= 0.3 is 19.5 Å². The van der Waals surface area contributed by atoms with Gasteiger partial charge in [-0.3, -0.25) is 19.9 Å². The number of carboxylic acids is 1. The van der Waals surface area contributed by atoms with Gasteiger partial charge in [0.05, 0.1) is 22.8 Å². The van der Waals surface area contributed by atoms with Crippen molar-refractivity contribution < 1.29 is 41.8 Å². The molecule has 4 aromatic rings. The van der Waals surface area contributed by atoms with E-state index >= 15 is 0 Å². The Morgan fingerprint density at radius 3 is 1.11 bits per heavy atom. The summed E-state index contributed by atoms with van der Waals surface area (Å²) in [5.74, 6) is -1.02. The number of hydrogen-bond acceptors (Lipinski definition) is 7. The minimum atomic E-state index is -1.02. The summed E-state index contributed by atoms with van der Waals surface area (Å²) in [6.45, 7) is 7.12. The molecule has 7 nitrogen and oxygen atoms in total. The van der Waals surface area contributed by atoms with Gasteiger partial charge in [-0.1, -0.05) is 24.3 Å². The molecule has 198 valence electrons. The van der Waals surface area contributed by atoms with E-state index < -0.39 is 5.97 Å². The second-order valence-electron chi connectivity index (χ2n) is 7.47. The third-order valence-corrected chi connectivity index (χ3v) is 3.77. The summed E-state index contributed by atoms with van der Waals surface area (Å²) in [7, 11) is 0.380. The van der Waals surface area contributed by atoms with Gasteiger partial charge in [0.1, 0.15) is 0 Å². The number of nitrogens with two attached hydrogens (primary N) is 1. The van der Waals surface area contributed by atoms with E-state index in [2.05, 4.69) is 39.9 Å². The molecule has 4 heterocycles. The number of pyridine rings is 4. The van der Waals surface area contributed by atoms with E-state index in [1.165, 1.54) is 0 Å². The Morgan fingerprint density at radius 1 is 0.703 bits per heavy atom. The smallest absolute Gasteiger partial charge is 1.00 e. The molecule has 0 aliphatic heterocycles. The van der Waals surface area contributed by atoms with Crippen LogP contribution >= 0.6 is 7.92 Å². The van der Waals surface area contributed by atoms with E-state index in [-0.39, 0.29) is 38.3 Å². The van der Waals surface area contributed by atoms with Crippen LogP contribution in [-0.4, -0.2) is 52.4 Å². The van der Waals surface area contributed by atoms with Crippen LogP contribution in [0, 0.1) is 0 Å². The molecule has 4 rings (SSSR count). The zero-order chi connectivity index (χ0) is 25.7. The normalized spacial score (nSPS) is 8.89. The van der Waals surface area contributed by atoms with Gasteiger partial charge in [-0.15, -0.1) is 7.92 Å². The fraction of sp³-hybridized carbons (Fsp3) is 0.222. The summed E-state index contributed by atoms with van der Waals surface area (Å²) in [4.78, 5) is 26.3. The number of carbonyl (C=O) groups is 1. The molecule has 37 heavy (non-hydrogen) atoms. The maximum absolute atomic E-state index is 9.59. The average Bonchev–Trinajstić information content (AvgIpc) is 2.90. The molecule has 0 aromatic carbocycles. The Kier molecular flexibility index (Phi) is 23.5. The first-order valence-corrected chi connectivity index (χ1v) is 13.8. The van der Waals surface area contributed by atoms with Gasteiger partial charge in [0.15, 0.2) is 0 Å². The molecule has 0 radical (unpaired) electrons. The van der Waals surface area contributed by atoms with Crippen molar-refractivity contribution >= 4 is 13.9 Å². The van der Waals surface area contributed by atoms with Gasteiger partial charge in [-0.05, 0) is 87.9 Å². The van der Waals surface area contributed by atoms with Gasteiger partial charge in [0, 0.05) is 30.8 Å². The predicted octanol–water partition coefficient (Wildman–Crippen LogP) is 1.12. The number of nitrogens with zero attached hydrogens (tertiary/aromatic N) is 4. The fourth-order valence-corrected chi connectivity index (χ4v) is 2.30. The predicted molar refractivity (Wildman–Crippen MR) is 143 cm³/mol. The molecule has 0 amide bonds. The molecule has 0 unspecified atom stereocenters. The molecule has 10 heteroatoms. The van der Waals surface area contributed by atoms with Crippen molar-refractivity contribution in [3.63, 3.8) is 0 Å². The maximum Gasteiger partial charge on any atom is 2.00 e. The van der Waals surface area contributed by atoms with Gasteiger partial charge in [-0.2, -0.15) is 0 Å². The van der Waals surface area contributed by atoms with Crippen molar-refractivity contribution in [2.75, 3.05) is 26.5 Å². The Bertz CT molecular complexity index is 899. The molecule has 0 aliphatic rings. The van der Waals surface area contributed by atoms with Crippen molar-refractivity contribution in [3.8, 4) is 22.8 Å². The van der Waals surface area contributed by atoms with Crippen LogP contribution in [0.4, 0.5) is 0 Å². The summed E-state index contributed by atoms with van der Waals surface area (Å²) in [5, 5.41) is 9.59. The standard InChI is InChI=1S/2C10H8N2.C4H9NO2.C3H9P.ClH.Ru/c2*1-3-7-11-9(5-1)10-6-2-4-8-12-10;5-3-1-2-4(6)7;1-4(2)3;;/h2*1-8H;1-3,5H2,(H,6,7);1-3H3;1H;/q;;;;;+2/p-2. The molecular formula is C27H33ClN5O2PRu. The van der Waals surface area contributed by atoms with E-state index in [1.807, 2.05) is 72.8 Å². The molecule has 0 spiro atoms. The van der Waals surface area contributed by atoms with Crippen LogP contribution in [-0.2, 0) is 24.3 Å². The Morgan fingerprint density at radius 2 is 0.973 bits per heavy atom. The van der Waals surface area contributed by atoms with Crippen molar-refractivity contribution in [2.24, 2.45) is 5.73 Å². The van der Waals surface area contributed by atoms with E-state index in [9.17, 15) is 9.90 Å². The Labute approximate surface area is 240 Å². The average molecular weight is 627 g/mol. The molecule has 0 aliphatic carbocycles. The Hall–Kier alpha value is -2.63. The molecule has 4 aromatic heterocycles. The van der Waals surface area contributed by atoms with Gasteiger partial charge in [0.2, 0.25) is 0 Å². The first kappa shape index (κ1) is 36.5. The van der Waals surface area contributed by atoms with Crippen LogP contribution in [0.25, 0.3) is 22.8 Å². The molecule has 2 N–H and O–H groups in total. The summed E-state index contributed by atoms with van der Waals surface area (Å²) < 4.78 is 0. The Balaban J connectivity index is 0. The minimum Gasteiger partial charge on any atom is -1.00 e. The zero-order valence-corrected chi connectivity index (χ0v) is 24.6. The third kappa shape index (κ3) is 19.2. The van der Waals surface area contributed by atoms with Crippen LogP contribution in [0.2, 0.25) is 0 Å². The van der Waals surface area contributed by atoms with Crippen LogP contribution < -0.4 is 23.2 Å². The number of halogens is 1. The third-order valence-electron chi connectivity index (χ3n) is 3.77. The van der Waals surface area contributed by atoms with Crippen LogP contribution in [0.5, 0.6) is 0 Å². The zero-order valence-electron chi connectivity index (χ0n) is 21.2. The van der Waals surface area contributed by atoms with Crippen LogP contribution in [0.3, 0.4) is 0 Å². The topological polar surface area (TPSA) is 118 Å². The molecule has 0 atom stereocenters. The van der Waals surface area contributed by atoms with Crippen molar-refractivity contribution in [1.82, 2.24) is 19.9 Å². The first-order valence-electron chi connectivity index (χ1n) is 11.1. The van der Waals surface area contributed by atoms with Crippen molar-refractivity contribution in [3.05, 3.63) is 97.6 Å². The molecule has 0 fully saturated rings. The van der Waals surface area contributed by atoms with E-state index in [1.54, 1.807) is 24.8 Å². The van der Waals surface area contributed by atoms with Gasteiger partial charge in [0.25, 0.3) is 0 Å². The molecule has 0 bridgehead atoms. The molecule has 0 saturated carbocycles. The second kappa shape index (κ2) is 23.8. The second-order valence-corrected chi connectivity index (χ2v) is 10.1. The van der Waals surface area contributed by atoms with Gasteiger partial charge < -0.3 is 28.0 Å². The van der Waals surface area contributed by atoms with Crippen LogP contribution in [0.15, 0.2) is 97.6 Å². The maximum atomic E-state index is 9.59. The van der Waals surface area contributed by atoms with Gasteiger partial charge in [-0.25, -0.2) is 0 Å². The molecular weight excluding hydrogens is 594 g/mol. The largest absolute Gasteiger partial charge is 2.00 e. The number of hydrogen-bond donors (Lipinski definition) is 1. The van der Waals surface area contributed by atoms with E-state index in [4.69, 9.17) is 5.73 Å². The SMILES string of the molecule is CP(C)C.NCCCC(=O)[O-].[Cl-].[Ru+2].c1ccc(-c2ccccn2)nc1.c1ccc(-c2ccccn2)nc1. The number of rotatable bonds is 5. The number of aliphatic carboxylic acids is 1. The molecule has 0 saturated heterocycles. The van der Waals surface area contributed by atoms with Crippen molar-refractivity contribution in [1.29, 1.82) is 0 Å². The van der Waals surface area contributed by atoms with Crippen LogP contribution in [0.1, 0.15) is 12.8 Å². The number of aromatic nitrogens is 4. The quantitative estimate of drug-likeness (QED) is 0.261.